The summed E-state index contributed by atoms with van der Waals surface area (Å²) >= 11 is 0. The van der Waals surface area contributed by atoms with Crippen molar-refractivity contribution in [1.82, 2.24) is 9.88 Å². The number of fused-ring (bicyclic) bond motifs is 1. The Labute approximate surface area is 106 Å². The minimum atomic E-state index is -0.631. The van der Waals surface area contributed by atoms with Crippen molar-refractivity contribution in [2.75, 3.05) is 13.1 Å². The lowest BCUT2D eigenvalue weighted by molar-refractivity contribution is -0.139. The van der Waals surface area contributed by atoms with Crippen LogP contribution in [0.4, 0.5) is 0 Å². The molecule has 1 aliphatic carbocycles. The molecule has 1 N–H and O–H groups in total. The second-order valence-corrected chi connectivity index (χ2v) is 5.72. The third-order valence-electron chi connectivity index (χ3n) is 4.00. The SMILES string of the molecule is CC(C)c1nc(CN2C[C@@H]3C(C(=O)O)[C@@H]3C2)co1. The number of hydrogen-bond donors (Lipinski definition) is 1. The molecule has 1 aromatic rings. The Morgan fingerprint density at radius 1 is 1.56 bits per heavy atom. The van der Waals surface area contributed by atoms with Crippen LogP contribution in [0.5, 0.6) is 0 Å². The van der Waals surface area contributed by atoms with Gasteiger partial charge in [0.1, 0.15) is 6.26 Å². The maximum absolute atomic E-state index is 10.9. The van der Waals surface area contributed by atoms with Crippen LogP contribution in [0.3, 0.4) is 0 Å². The fourth-order valence-electron chi connectivity index (χ4n) is 3.00. The number of carbonyl (C=O) groups is 1. The van der Waals surface area contributed by atoms with Crippen LogP contribution in [0.15, 0.2) is 10.7 Å². The fourth-order valence-corrected chi connectivity index (χ4v) is 3.00. The molecule has 0 bridgehead atoms. The van der Waals surface area contributed by atoms with Crippen LogP contribution in [0.1, 0.15) is 31.4 Å². The van der Waals surface area contributed by atoms with Gasteiger partial charge in [-0.05, 0) is 11.8 Å². The van der Waals surface area contributed by atoms with Gasteiger partial charge in [-0.25, -0.2) is 4.98 Å². The lowest BCUT2D eigenvalue weighted by Gasteiger charge is -2.16. The van der Waals surface area contributed by atoms with Gasteiger partial charge in [-0.2, -0.15) is 0 Å². The summed E-state index contributed by atoms with van der Waals surface area (Å²) in [5.41, 5.74) is 0.951. The molecule has 0 spiro atoms. The number of rotatable bonds is 4. The highest BCUT2D eigenvalue weighted by atomic mass is 16.4. The monoisotopic (exact) mass is 250 g/mol. The number of nitrogens with zero attached hydrogens (tertiary/aromatic N) is 2. The van der Waals surface area contributed by atoms with Crippen molar-refractivity contribution in [2.45, 2.75) is 26.3 Å². The van der Waals surface area contributed by atoms with Crippen molar-refractivity contribution in [3.63, 3.8) is 0 Å². The van der Waals surface area contributed by atoms with Gasteiger partial charge in [0.05, 0.1) is 11.6 Å². The van der Waals surface area contributed by atoms with Gasteiger partial charge in [-0.15, -0.1) is 0 Å². The maximum atomic E-state index is 10.9. The second-order valence-electron chi connectivity index (χ2n) is 5.72. The Bertz CT molecular complexity index is 457. The molecule has 3 atom stereocenters. The van der Waals surface area contributed by atoms with Gasteiger partial charge in [0.25, 0.3) is 0 Å². The van der Waals surface area contributed by atoms with Crippen LogP contribution in [0.2, 0.25) is 0 Å². The summed E-state index contributed by atoms with van der Waals surface area (Å²) in [4.78, 5) is 17.6. The summed E-state index contributed by atoms with van der Waals surface area (Å²) in [6.07, 6.45) is 1.72. The third-order valence-corrected chi connectivity index (χ3v) is 4.00. The molecule has 0 radical (unpaired) electrons. The molecule has 5 heteroatoms. The first-order chi connectivity index (χ1) is 8.56. The molecule has 1 saturated heterocycles. The normalized spacial score (nSPS) is 30.7. The number of aliphatic carboxylic acids is 1. The quantitative estimate of drug-likeness (QED) is 0.878. The van der Waals surface area contributed by atoms with E-state index in [1.165, 1.54) is 0 Å². The Morgan fingerprint density at radius 3 is 2.72 bits per heavy atom. The lowest BCUT2D eigenvalue weighted by atomic mass is 10.2. The van der Waals surface area contributed by atoms with Crippen molar-refractivity contribution < 1.29 is 14.3 Å². The average Bonchev–Trinajstić information content (AvgIpc) is 2.68. The predicted octanol–water partition coefficient (Wildman–Crippen LogP) is 1.56. The lowest BCUT2D eigenvalue weighted by Crippen LogP contribution is -2.26. The number of carboxylic acid groups (broad SMARTS) is 1. The van der Waals surface area contributed by atoms with Crippen molar-refractivity contribution in [1.29, 1.82) is 0 Å². The van der Waals surface area contributed by atoms with E-state index in [0.29, 0.717) is 17.8 Å². The van der Waals surface area contributed by atoms with E-state index in [9.17, 15) is 4.79 Å². The van der Waals surface area contributed by atoms with Crippen LogP contribution in [-0.4, -0.2) is 34.0 Å². The minimum Gasteiger partial charge on any atom is -0.481 e. The van der Waals surface area contributed by atoms with Crippen LogP contribution >= 0.6 is 0 Å². The second kappa shape index (κ2) is 4.09. The van der Waals surface area contributed by atoms with Crippen molar-refractivity contribution in [3.8, 4) is 0 Å². The van der Waals surface area contributed by atoms with Gasteiger partial charge < -0.3 is 9.52 Å². The summed E-state index contributed by atoms with van der Waals surface area (Å²) in [7, 11) is 0. The Balaban J connectivity index is 1.55. The molecule has 5 nitrogen and oxygen atoms in total. The first kappa shape index (κ1) is 11.7. The van der Waals surface area contributed by atoms with E-state index < -0.39 is 5.97 Å². The zero-order valence-corrected chi connectivity index (χ0v) is 10.7. The third kappa shape index (κ3) is 1.92. The molecule has 1 aliphatic heterocycles. The van der Waals surface area contributed by atoms with Crippen molar-refractivity contribution in [3.05, 3.63) is 17.8 Å². The largest absolute Gasteiger partial charge is 0.481 e. The predicted molar refractivity (Wildman–Crippen MR) is 64.0 cm³/mol. The van der Waals surface area contributed by atoms with E-state index >= 15 is 0 Å². The van der Waals surface area contributed by atoms with Crippen LogP contribution in [0, 0.1) is 17.8 Å². The Morgan fingerprint density at radius 2 is 2.22 bits per heavy atom. The summed E-state index contributed by atoms with van der Waals surface area (Å²) in [5.74, 6) is 1.08. The van der Waals surface area contributed by atoms with E-state index in [1.807, 2.05) is 0 Å². The van der Waals surface area contributed by atoms with Gasteiger partial charge in [-0.3, -0.25) is 9.69 Å². The zero-order valence-electron chi connectivity index (χ0n) is 10.7. The molecule has 0 aromatic carbocycles. The van der Waals surface area contributed by atoms with Gasteiger partial charge in [0.15, 0.2) is 5.89 Å². The first-order valence-electron chi connectivity index (χ1n) is 6.45. The summed E-state index contributed by atoms with van der Waals surface area (Å²) < 4.78 is 5.40. The van der Waals surface area contributed by atoms with E-state index in [1.54, 1.807) is 6.26 Å². The molecular weight excluding hydrogens is 232 g/mol. The van der Waals surface area contributed by atoms with Gasteiger partial charge in [0, 0.05) is 25.6 Å². The number of oxazole rings is 1. The summed E-state index contributed by atoms with van der Waals surface area (Å²) in [6, 6.07) is 0. The highest BCUT2D eigenvalue weighted by Gasteiger charge is 2.59. The molecule has 2 fully saturated rings. The molecule has 2 aliphatic rings. The molecule has 1 saturated carbocycles. The Kier molecular flexibility index (Phi) is 2.66. The minimum absolute atomic E-state index is 0.0928. The molecule has 1 aromatic heterocycles. The molecule has 18 heavy (non-hydrogen) atoms. The fraction of sp³-hybridized carbons (Fsp3) is 0.692. The van der Waals surface area contributed by atoms with Crippen LogP contribution in [0.25, 0.3) is 0 Å². The average molecular weight is 250 g/mol. The smallest absolute Gasteiger partial charge is 0.307 e. The molecule has 0 amide bonds. The highest BCUT2D eigenvalue weighted by Crippen LogP contribution is 2.51. The molecule has 98 valence electrons. The summed E-state index contributed by atoms with van der Waals surface area (Å²) in [5, 5.41) is 8.95. The maximum Gasteiger partial charge on any atom is 0.307 e. The molecule has 1 unspecified atom stereocenters. The standard InChI is InChI=1S/C13H18N2O3/c1-7(2)12-14-8(6-18-12)3-15-4-9-10(5-15)11(9)13(16)17/h6-7,9-11H,3-5H2,1-2H3,(H,16,17)/t9-,10+,11?. The number of likely N-dealkylation sites (tertiary alicyclic amines) is 1. The number of hydrogen-bond acceptors (Lipinski definition) is 4. The molecular formula is C13H18N2O3. The van der Waals surface area contributed by atoms with Gasteiger partial charge in [-0.1, -0.05) is 13.8 Å². The topological polar surface area (TPSA) is 66.6 Å². The van der Waals surface area contributed by atoms with Crippen molar-refractivity contribution >= 4 is 5.97 Å². The molecule has 2 heterocycles. The van der Waals surface area contributed by atoms with Gasteiger partial charge in [0.2, 0.25) is 0 Å². The van der Waals surface area contributed by atoms with E-state index in [-0.39, 0.29) is 5.92 Å². The number of carboxylic acids is 1. The van der Waals surface area contributed by atoms with Crippen LogP contribution in [-0.2, 0) is 11.3 Å². The van der Waals surface area contributed by atoms with Crippen molar-refractivity contribution in [2.24, 2.45) is 17.8 Å². The highest BCUT2D eigenvalue weighted by molar-refractivity contribution is 5.74. The van der Waals surface area contributed by atoms with E-state index in [4.69, 9.17) is 9.52 Å². The van der Waals surface area contributed by atoms with E-state index in [0.717, 1.165) is 31.2 Å². The van der Waals surface area contributed by atoms with Gasteiger partial charge >= 0.3 is 5.97 Å². The Hall–Kier alpha value is -1.36. The zero-order chi connectivity index (χ0) is 12.9. The number of piperidine rings is 1. The molecule has 3 rings (SSSR count). The summed E-state index contributed by atoms with van der Waals surface area (Å²) in [6.45, 7) is 6.64. The first-order valence-corrected chi connectivity index (χ1v) is 6.45. The number of aromatic nitrogens is 1. The van der Waals surface area contributed by atoms with Crippen LogP contribution < -0.4 is 0 Å². The van der Waals surface area contributed by atoms with E-state index in [2.05, 4.69) is 23.7 Å².